The van der Waals surface area contributed by atoms with E-state index in [9.17, 15) is 4.79 Å². The van der Waals surface area contributed by atoms with Crippen molar-refractivity contribution in [2.45, 2.75) is 19.8 Å². The van der Waals surface area contributed by atoms with Crippen molar-refractivity contribution in [3.63, 3.8) is 0 Å². The summed E-state index contributed by atoms with van der Waals surface area (Å²) >= 11 is 0. The molecule has 1 heterocycles. The first kappa shape index (κ1) is 13.3. The van der Waals surface area contributed by atoms with Crippen LogP contribution in [0.1, 0.15) is 19.8 Å². The number of hydrogen-bond acceptors (Lipinski definition) is 4. The molecular formula is C14H18N4O. The highest BCUT2D eigenvalue weighted by molar-refractivity contribution is 5.90. The number of carbonyl (C=O) groups is 1. The van der Waals surface area contributed by atoms with Crippen LogP contribution in [-0.2, 0) is 4.79 Å². The molecular weight excluding hydrogens is 240 g/mol. The highest BCUT2D eigenvalue weighted by Crippen LogP contribution is 2.19. The maximum atomic E-state index is 11.5. The minimum atomic E-state index is 0.0701. The molecule has 0 atom stereocenters. The molecule has 1 aromatic carbocycles. The second-order valence-corrected chi connectivity index (χ2v) is 4.30. The van der Waals surface area contributed by atoms with Crippen LogP contribution in [0.4, 0.5) is 5.69 Å². The lowest BCUT2D eigenvalue weighted by Gasteiger charge is -2.08. The van der Waals surface area contributed by atoms with Gasteiger partial charge >= 0.3 is 0 Å². The molecule has 1 amide bonds. The Morgan fingerprint density at radius 1 is 1.26 bits per heavy atom. The minimum Gasteiger partial charge on any atom is -0.383 e. The molecule has 0 radical (unpaired) electrons. The number of hydrogen-bond donors (Lipinski definition) is 2. The standard InChI is InChI=1S/C14H18N4O/c1-2-8-16-14(19)7-9-15-13-10-17-18-12-6-4-3-5-11(12)13/h3-6,10H,2,7-9H2,1H3,(H,15,18)(H,16,19). The second kappa shape index (κ2) is 6.68. The predicted octanol–water partition coefficient (Wildman–Crippen LogP) is 1.96. The Morgan fingerprint density at radius 2 is 2.11 bits per heavy atom. The van der Waals surface area contributed by atoms with Gasteiger partial charge in [-0.25, -0.2) is 0 Å². The molecule has 2 N–H and O–H groups in total. The molecule has 1 aromatic heterocycles. The normalized spacial score (nSPS) is 10.4. The van der Waals surface area contributed by atoms with Gasteiger partial charge in [-0.1, -0.05) is 25.1 Å². The smallest absolute Gasteiger partial charge is 0.221 e. The zero-order valence-corrected chi connectivity index (χ0v) is 11.0. The summed E-state index contributed by atoms with van der Waals surface area (Å²) in [6, 6.07) is 7.80. The lowest BCUT2D eigenvalue weighted by atomic mass is 10.2. The van der Waals surface area contributed by atoms with Gasteiger partial charge in [-0.3, -0.25) is 4.79 Å². The van der Waals surface area contributed by atoms with Gasteiger partial charge in [0.2, 0.25) is 5.91 Å². The van der Waals surface area contributed by atoms with Crippen molar-refractivity contribution < 1.29 is 4.79 Å². The number of carbonyl (C=O) groups excluding carboxylic acids is 1. The van der Waals surface area contributed by atoms with E-state index in [1.807, 2.05) is 31.2 Å². The molecule has 0 fully saturated rings. The van der Waals surface area contributed by atoms with E-state index in [0.29, 0.717) is 13.0 Å². The summed E-state index contributed by atoms with van der Waals surface area (Å²) in [4.78, 5) is 11.5. The summed E-state index contributed by atoms with van der Waals surface area (Å²) in [6.45, 7) is 3.36. The number of amides is 1. The Morgan fingerprint density at radius 3 is 2.95 bits per heavy atom. The predicted molar refractivity (Wildman–Crippen MR) is 75.9 cm³/mol. The van der Waals surface area contributed by atoms with Crippen LogP contribution in [0.25, 0.3) is 10.9 Å². The van der Waals surface area contributed by atoms with Gasteiger partial charge in [-0.15, -0.1) is 0 Å². The molecule has 5 nitrogen and oxygen atoms in total. The van der Waals surface area contributed by atoms with Gasteiger partial charge in [-0.05, 0) is 12.5 Å². The van der Waals surface area contributed by atoms with Gasteiger partial charge in [0.25, 0.3) is 0 Å². The quantitative estimate of drug-likeness (QED) is 0.831. The fourth-order valence-electron chi connectivity index (χ4n) is 1.81. The average molecular weight is 258 g/mol. The zero-order chi connectivity index (χ0) is 13.5. The van der Waals surface area contributed by atoms with E-state index in [2.05, 4.69) is 20.8 Å². The van der Waals surface area contributed by atoms with Gasteiger partial charge < -0.3 is 10.6 Å². The number of benzene rings is 1. The molecule has 5 heteroatoms. The maximum absolute atomic E-state index is 11.5. The van der Waals surface area contributed by atoms with Crippen molar-refractivity contribution in [1.29, 1.82) is 0 Å². The van der Waals surface area contributed by atoms with E-state index in [-0.39, 0.29) is 5.91 Å². The minimum absolute atomic E-state index is 0.0701. The average Bonchev–Trinajstić information content (AvgIpc) is 2.45. The molecule has 0 bridgehead atoms. The number of nitrogens with one attached hydrogen (secondary N) is 2. The number of nitrogens with zero attached hydrogens (tertiary/aromatic N) is 2. The van der Waals surface area contributed by atoms with Crippen LogP contribution >= 0.6 is 0 Å². The summed E-state index contributed by atoms with van der Waals surface area (Å²) in [7, 11) is 0. The molecule has 2 aromatic rings. The summed E-state index contributed by atoms with van der Waals surface area (Å²) in [6.07, 6.45) is 3.10. The van der Waals surface area contributed by atoms with Crippen molar-refractivity contribution in [3.8, 4) is 0 Å². The van der Waals surface area contributed by atoms with E-state index >= 15 is 0 Å². The van der Waals surface area contributed by atoms with Gasteiger partial charge in [-0.2, -0.15) is 10.2 Å². The van der Waals surface area contributed by atoms with Crippen LogP contribution in [-0.4, -0.2) is 29.2 Å². The molecule has 0 saturated heterocycles. The third-order valence-corrected chi connectivity index (χ3v) is 2.79. The molecule has 0 unspecified atom stereocenters. The number of aromatic nitrogens is 2. The monoisotopic (exact) mass is 258 g/mol. The largest absolute Gasteiger partial charge is 0.383 e. The topological polar surface area (TPSA) is 66.9 Å². The van der Waals surface area contributed by atoms with E-state index in [4.69, 9.17) is 0 Å². The maximum Gasteiger partial charge on any atom is 0.221 e. The first-order valence-electron chi connectivity index (χ1n) is 6.52. The Bertz CT molecular complexity index is 551. The summed E-state index contributed by atoms with van der Waals surface area (Å²) < 4.78 is 0. The SMILES string of the molecule is CCCNC(=O)CCNc1cnnc2ccccc12. The number of anilines is 1. The fourth-order valence-corrected chi connectivity index (χ4v) is 1.81. The molecule has 0 spiro atoms. The van der Waals surface area contributed by atoms with E-state index in [1.54, 1.807) is 6.20 Å². The zero-order valence-electron chi connectivity index (χ0n) is 11.0. The molecule has 0 aliphatic heterocycles. The van der Waals surface area contributed by atoms with Crippen molar-refractivity contribution in [3.05, 3.63) is 30.5 Å². The Labute approximate surface area is 112 Å². The van der Waals surface area contributed by atoms with E-state index < -0.39 is 0 Å². The lowest BCUT2D eigenvalue weighted by molar-refractivity contribution is -0.120. The van der Waals surface area contributed by atoms with Gasteiger partial charge in [0.15, 0.2) is 0 Å². The fraction of sp³-hybridized carbons (Fsp3) is 0.357. The summed E-state index contributed by atoms with van der Waals surface area (Å²) in [5.74, 6) is 0.0701. The van der Waals surface area contributed by atoms with Crippen molar-refractivity contribution in [2.24, 2.45) is 0 Å². The van der Waals surface area contributed by atoms with E-state index in [0.717, 1.165) is 29.6 Å². The van der Waals surface area contributed by atoms with Crippen LogP contribution in [0.2, 0.25) is 0 Å². The van der Waals surface area contributed by atoms with Gasteiger partial charge in [0.1, 0.15) is 0 Å². The molecule has 0 saturated carbocycles. The highest BCUT2D eigenvalue weighted by Gasteiger charge is 2.03. The lowest BCUT2D eigenvalue weighted by Crippen LogP contribution is -2.25. The number of fused-ring (bicyclic) bond motifs is 1. The second-order valence-electron chi connectivity index (χ2n) is 4.30. The first-order valence-corrected chi connectivity index (χ1v) is 6.52. The van der Waals surface area contributed by atoms with Crippen LogP contribution in [0.5, 0.6) is 0 Å². The Hall–Kier alpha value is -2.17. The third-order valence-electron chi connectivity index (χ3n) is 2.79. The van der Waals surface area contributed by atoms with Crippen LogP contribution < -0.4 is 10.6 Å². The van der Waals surface area contributed by atoms with Crippen molar-refractivity contribution in [2.75, 3.05) is 18.4 Å². The first-order chi connectivity index (χ1) is 9.31. The molecule has 0 aliphatic rings. The molecule has 2 rings (SSSR count). The Kier molecular flexibility index (Phi) is 4.66. The number of rotatable bonds is 6. The molecule has 19 heavy (non-hydrogen) atoms. The van der Waals surface area contributed by atoms with Gasteiger partial charge in [0, 0.05) is 24.9 Å². The van der Waals surface area contributed by atoms with Crippen LogP contribution in [0.15, 0.2) is 30.5 Å². The van der Waals surface area contributed by atoms with Crippen molar-refractivity contribution in [1.82, 2.24) is 15.5 Å². The molecule has 0 aliphatic carbocycles. The third kappa shape index (κ3) is 3.64. The van der Waals surface area contributed by atoms with Crippen LogP contribution in [0.3, 0.4) is 0 Å². The summed E-state index contributed by atoms with van der Waals surface area (Å²) in [5, 5.41) is 15.1. The van der Waals surface area contributed by atoms with Crippen LogP contribution in [0, 0.1) is 0 Å². The highest BCUT2D eigenvalue weighted by atomic mass is 16.1. The Balaban J connectivity index is 1.93. The van der Waals surface area contributed by atoms with E-state index in [1.165, 1.54) is 0 Å². The molecule has 100 valence electrons. The van der Waals surface area contributed by atoms with Crippen molar-refractivity contribution >= 4 is 22.5 Å². The van der Waals surface area contributed by atoms with Gasteiger partial charge in [0.05, 0.1) is 17.4 Å². The summed E-state index contributed by atoms with van der Waals surface area (Å²) in [5.41, 5.74) is 1.76.